The third-order valence-corrected chi connectivity index (χ3v) is 10.9. The van der Waals surface area contributed by atoms with Gasteiger partial charge in [-0.3, -0.25) is 10.1 Å². The minimum atomic E-state index is -0.368. The van der Waals surface area contributed by atoms with E-state index in [0.29, 0.717) is 17.5 Å². The number of nitro benzene ring substituents is 1. The number of nitrogens with zero attached hydrogens (tertiary/aromatic N) is 5. The van der Waals surface area contributed by atoms with Crippen molar-refractivity contribution in [3.63, 3.8) is 0 Å². The number of rotatable bonds is 6. The molecule has 0 saturated heterocycles. The molecule has 0 amide bonds. The van der Waals surface area contributed by atoms with Gasteiger partial charge >= 0.3 is 0 Å². The van der Waals surface area contributed by atoms with Crippen LogP contribution in [-0.4, -0.2) is 24.4 Å². The van der Waals surface area contributed by atoms with Gasteiger partial charge in [0.1, 0.15) is 0 Å². The third kappa shape index (κ3) is 5.15. The van der Waals surface area contributed by atoms with Crippen LogP contribution in [0.15, 0.2) is 164 Å². The molecule has 0 unspecified atom stereocenters. The summed E-state index contributed by atoms with van der Waals surface area (Å²) >= 11 is 1.79. The van der Waals surface area contributed by atoms with E-state index in [-0.39, 0.29) is 10.6 Å². The Bertz CT molecular complexity index is 2970. The van der Waals surface area contributed by atoms with Crippen molar-refractivity contribution in [3.8, 4) is 51.0 Å². The lowest BCUT2D eigenvalue weighted by Gasteiger charge is -2.16. The molecule has 0 radical (unpaired) electrons. The molecule has 0 aliphatic rings. The van der Waals surface area contributed by atoms with Gasteiger partial charge in [0.15, 0.2) is 17.5 Å². The van der Waals surface area contributed by atoms with Crippen LogP contribution in [0.3, 0.4) is 0 Å². The Balaban J connectivity index is 1.28. The zero-order valence-electron chi connectivity index (χ0n) is 28.0. The van der Waals surface area contributed by atoms with Crippen molar-refractivity contribution in [1.82, 2.24) is 19.5 Å². The predicted molar refractivity (Wildman–Crippen MR) is 215 cm³/mol. The maximum Gasteiger partial charge on any atom is 0.269 e. The van der Waals surface area contributed by atoms with E-state index in [1.807, 2.05) is 72.8 Å². The second-order valence-electron chi connectivity index (χ2n) is 12.9. The van der Waals surface area contributed by atoms with Crippen molar-refractivity contribution in [2.24, 2.45) is 0 Å². The monoisotopic (exact) mass is 701 g/mol. The molecule has 3 aromatic heterocycles. The summed E-state index contributed by atoms with van der Waals surface area (Å²) < 4.78 is 4.80. The van der Waals surface area contributed by atoms with Crippen LogP contribution in [0.2, 0.25) is 0 Å². The Hall–Kier alpha value is -7.03. The number of nitro groups is 1. The Morgan fingerprint density at radius 3 is 1.77 bits per heavy atom. The largest absolute Gasteiger partial charge is 0.308 e. The molecule has 10 aromatic rings. The highest BCUT2D eigenvalue weighted by molar-refractivity contribution is 7.26. The second-order valence-corrected chi connectivity index (χ2v) is 13.9. The molecular weight excluding hydrogens is 675 g/mol. The summed E-state index contributed by atoms with van der Waals surface area (Å²) in [7, 11) is 0. The molecule has 3 heterocycles. The summed E-state index contributed by atoms with van der Waals surface area (Å²) in [5.74, 6) is 1.68. The Labute approximate surface area is 307 Å². The van der Waals surface area contributed by atoms with E-state index in [9.17, 15) is 10.1 Å². The van der Waals surface area contributed by atoms with E-state index in [1.54, 1.807) is 23.5 Å². The van der Waals surface area contributed by atoms with Gasteiger partial charge in [-0.1, -0.05) is 103 Å². The summed E-state index contributed by atoms with van der Waals surface area (Å²) in [6, 6.07) is 54.4. The van der Waals surface area contributed by atoms with Crippen molar-refractivity contribution in [2.75, 3.05) is 0 Å². The Morgan fingerprint density at radius 2 is 1.09 bits per heavy atom. The highest BCUT2D eigenvalue weighted by atomic mass is 32.1. The first kappa shape index (κ1) is 30.8. The molecule has 0 aliphatic heterocycles. The fourth-order valence-corrected chi connectivity index (χ4v) is 8.43. The van der Waals surface area contributed by atoms with Crippen LogP contribution in [0, 0.1) is 10.1 Å². The zero-order chi connectivity index (χ0) is 35.5. The molecule has 53 heavy (non-hydrogen) atoms. The molecule has 0 fully saturated rings. The Morgan fingerprint density at radius 1 is 0.509 bits per heavy atom. The van der Waals surface area contributed by atoms with Gasteiger partial charge in [-0.2, -0.15) is 0 Å². The lowest BCUT2D eigenvalue weighted by Crippen LogP contribution is -2.02. The number of para-hydroxylation sites is 1. The molecular formula is C45H27N5O2S. The average molecular weight is 702 g/mol. The lowest BCUT2D eigenvalue weighted by atomic mass is 9.99. The normalized spacial score (nSPS) is 11.5. The van der Waals surface area contributed by atoms with Crippen LogP contribution in [0.25, 0.3) is 93.0 Å². The molecule has 8 heteroatoms. The molecule has 250 valence electrons. The van der Waals surface area contributed by atoms with Gasteiger partial charge in [-0.15, -0.1) is 11.3 Å². The van der Waals surface area contributed by atoms with Crippen LogP contribution in [0.1, 0.15) is 0 Å². The first-order valence-corrected chi connectivity index (χ1v) is 18.0. The first-order valence-electron chi connectivity index (χ1n) is 17.2. The van der Waals surface area contributed by atoms with Gasteiger partial charge in [0.2, 0.25) is 0 Å². The van der Waals surface area contributed by atoms with Crippen molar-refractivity contribution in [3.05, 3.63) is 174 Å². The number of non-ortho nitro benzene ring substituents is 1. The van der Waals surface area contributed by atoms with Crippen molar-refractivity contribution in [1.29, 1.82) is 0 Å². The van der Waals surface area contributed by atoms with E-state index >= 15 is 0 Å². The number of fused-ring (bicyclic) bond motifs is 7. The fourth-order valence-electron chi connectivity index (χ4n) is 7.32. The van der Waals surface area contributed by atoms with Crippen LogP contribution in [-0.2, 0) is 0 Å². The highest BCUT2D eigenvalue weighted by Crippen LogP contribution is 2.45. The summed E-state index contributed by atoms with van der Waals surface area (Å²) in [6.45, 7) is 0. The van der Waals surface area contributed by atoms with Crippen molar-refractivity contribution in [2.45, 2.75) is 0 Å². The zero-order valence-corrected chi connectivity index (χ0v) is 28.9. The van der Waals surface area contributed by atoms with Crippen LogP contribution in [0.4, 0.5) is 5.69 Å². The Kier molecular flexibility index (Phi) is 7.16. The number of hydrogen-bond acceptors (Lipinski definition) is 6. The molecule has 0 N–H and O–H groups in total. The van der Waals surface area contributed by atoms with Gasteiger partial charge in [0, 0.05) is 65.3 Å². The van der Waals surface area contributed by atoms with Crippen LogP contribution >= 0.6 is 11.3 Å². The summed E-state index contributed by atoms with van der Waals surface area (Å²) in [5, 5.41) is 16.4. The van der Waals surface area contributed by atoms with Gasteiger partial charge in [-0.25, -0.2) is 15.0 Å². The molecule has 0 bridgehead atoms. The maximum atomic E-state index is 11.7. The van der Waals surface area contributed by atoms with E-state index in [2.05, 4.69) is 83.4 Å². The number of aromatic nitrogens is 4. The summed E-state index contributed by atoms with van der Waals surface area (Å²) in [5.41, 5.74) is 7.46. The van der Waals surface area contributed by atoms with Crippen molar-refractivity contribution >= 4 is 59.0 Å². The smallest absolute Gasteiger partial charge is 0.269 e. The maximum absolute atomic E-state index is 11.7. The van der Waals surface area contributed by atoms with E-state index in [1.165, 1.54) is 20.2 Å². The summed E-state index contributed by atoms with van der Waals surface area (Å²) in [6.07, 6.45) is 0. The van der Waals surface area contributed by atoms with E-state index in [4.69, 9.17) is 15.0 Å². The van der Waals surface area contributed by atoms with Gasteiger partial charge in [-0.05, 0) is 54.1 Å². The van der Waals surface area contributed by atoms with Gasteiger partial charge in [0.05, 0.1) is 21.6 Å². The molecule has 0 aliphatic carbocycles. The predicted octanol–water partition coefficient (Wildman–Crippen LogP) is 11.9. The second kappa shape index (κ2) is 12.3. The van der Waals surface area contributed by atoms with E-state index in [0.717, 1.165) is 55.3 Å². The SMILES string of the molecule is O=[N+]([O-])c1ccc(-c2cc(-c3nc(-c4ccccc4)nc(-c4ccccc4)n3)ccc2-n2c3ccccc3c3ccc4sc5ccccc5c4c32)cc1. The molecule has 7 nitrogen and oxygen atoms in total. The molecule has 0 saturated carbocycles. The third-order valence-electron chi connectivity index (χ3n) is 9.76. The van der Waals surface area contributed by atoms with E-state index < -0.39 is 0 Å². The van der Waals surface area contributed by atoms with Crippen molar-refractivity contribution < 1.29 is 4.92 Å². The molecule has 0 spiro atoms. The molecule has 10 rings (SSSR count). The number of hydrogen-bond donors (Lipinski definition) is 0. The number of benzene rings is 7. The molecule has 7 aromatic carbocycles. The lowest BCUT2D eigenvalue weighted by molar-refractivity contribution is -0.384. The van der Waals surface area contributed by atoms with Gasteiger partial charge in [0.25, 0.3) is 5.69 Å². The molecule has 0 atom stereocenters. The minimum Gasteiger partial charge on any atom is -0.308 e. The van der Waals surface area contributed by atoms with Gasteiger partial charge < -0.3 is 4.57 Å². The summed E-state index contributed by atoms with van der Waals surface area (Å²) in [4.78, 5) is 26.3. The van der Waals surface area contributed by atoms with Crippen LogP contribution < -0.4 is 0 Å². The minimum absolute atomic E-state index is 0.0345. The van der Waals surface area contributed by atoms with Crippen LogP contribution in [0.5, 0.6) is 0 Å². The fraction of sp³-hybridized carbons (Fsp3) is 0. The highest BCUT2D eigenvalue weighted by Gasteiger charge is 2.22. The first-order chi connectivity index (χ1) is 26.1. The average Bonchev–Trinajstić information content (AvgIpc) is 3.77. The quantitative estimate of drug-likeness (QED) is 0.127. The topological polar surface area (TPSA) is 86.7 Å². The standard InChI is InChI=1S/C45H27N5O2S/c51-50(52)32-22-19-28(20-23-32)36-27-31(45-47-43(29-11-3-1-4-12-29)46-44(48-45)30-13-5-2-6-14-30)21-25-38(36)49-37-17-9-7-15-33(37)34-24-26-40-41(42(34)49)35-16-8-10-18-39(35)53-40/h1-27H. The number of thiophene rings is 1.